The predicted molar refractivity (Wildman–Crippen MR) is 341 cm³/mol. The van der Waals surface area contributed by atoms with E-state index >= 15 is 0 Å². The molecule has 0 saturated carbocycles. The zero-order valence-corrected chi connectivity index (χ0v) is 53.7. The first-order valence-corrected chi connectivity index (χ1v) is 35.2. The van der Waals surface area contributed by atoms with Crippen LogP contribution in [-0.4, -0.2) is 140 Å². The molecule has 494 valence electrons. The molecule has 2 heterocycles. The number of rotatable bonds is 58. The molecule has 1 amide bonds. The summed E-state index contributed by atoms with van der Waals surface area (Å²) in [5.74, 6) is -0.244. The van der Waals surface area contributed by atoms with Gasteiger partial charge in [-0.05, 0) is 57.8 Å². The van der Waals surface area contributed by atoms with Crippen LogP contribution < -0.4 is 5.32 Å². The fourth-order valence-corrected chi connectivity index (χ4v) is 11.7. The van der Waals surface area contributed by atoms with E-state index in [0.29, 0.717) is 12.8 Å². The van der Waals surface area contributed by atoms with Gasteiger partial charge in [-0.25, -0.2) is 0 Å². The van der Waals surface area contributed by atoms with E-state index in [4.69, 9.17) is 18.9 Å². The van der Waals surface area contributed by atoms with Gasteiger partial charge < -0.3 is 65.1 Å². The van der Waals surface area contributed by atoms with Crippen LogP contribution >= 0.6 is 0 Å². The van der Waals surface area contributed by atoms with Gasteiger partial charge in [0, 0.05) is 6.42 Å². The van der Waals surface area contributed by atoms with Gasteiger partial charge in [-0.3, -0.25) is 4.79 Å². The molecule has 0 aromatic rings. The van der Waals surface area contributed by atoms with Gasteiger partial charge in [-0.15, -0.1) is 0 Å². The number of nitrogens with one attached hydrogen (secondary N) is 1. The molecule has 0 spiro atoms. The molecule has 2 rings (SSSR count). The summed E-state index contributed by atoms with van der Waals surface area (Å²) in [4.78, 5) is 13.3. The maximum absolute atomic E-state index is 13.3. The lowest BCUT2D eigenvalue weighted by atomic mass is 9.97. The van der Waals surface area contributed by atoms with Crippen LogP contribution in [0.1, 0.15) is 309 Å². The van der Waals surface area contributed by atoms with E-state index in [1.54, 1.807) is 6.08 Å². The van der Waals surface area contributed by atoms with Gasteiger partial charge in [0.25, 0.3) is 0 Å². The Balaban J connectivity index is 1.66. The number of aliphatic hydroxyl groups excluding tert-OH is 8. The molecule has 9 N–H and O–H groups in total. The number of amides is 1. The van der Waals surface area contributed by atoms with Gasteiger partial charge in [0.1, 0.15) is 48.8 Å². The molecule has 12 atom stereocenters. The number of ether oxygens (including phenoxy) is 4. The summed E-state index contributed by atoms with van der Waals surface area (Å²) in [6, 6.07) is -0.930. The van der Waals surface area contributed by atoms with Crippen LogP contribution in [0.4, 0.5) is 0 Å². The van der Waals surface area contributed by atoms with Crippen molar-refractivity contribution in [3.8, 4) is 0 Å². The molecule has 2 fully saturated rings. The molecule has 0 bridgehead atoms. The van der Waals surface area contributed by atoms with Crippen molar-refractivity contribution in [2.75, 3.05) is 19.8 Å². The molecular weight excluding hydrogens is 1060 g/mol. The Morgan fingerprint density at radius 2 is 0.762 bits per heavy atom. The molecule has 0 aromatic carbocycles. The quantitative estimate of drug-likeness (QED) is 0.0204. The third kappa shape index (κ3) is 39.3. The van der Waals surface area contributed by atoms with Crippen molar-refractivity contribution < 1.29 is 64.6 Å². The smallest absolute Gasteiger partial charge is 0.220 e. The van der Waals surface area contributed by atoms with Gasteiger partial charge in [0.05, 0.1) is 32.0 Å². The fourth-order valence-electron chi connectivity index (χ4n) is 11.7. The lowest BCUT2D eigenvalue weighted by Crippen LogP contribution is -2.65. The maximum atomic E-state index is 13.3. The second-order valence-electron chi connectivity index (χ2n) is 25.0. The van der Waals surface area contributed by atoms with Crippen molar-refractivity contribution >= 4 is 5.91 Å². The van der Waals surface area contributed by atoms with E-state index in [1.807, 2.05) is 6.08 Å². The monoisotopic (exact) mass is 1190 g/mol. The fraction of sp³-hybridized carbons (Fsp3) is 0.900. The Morgan fingerprint density at radius 3 is 1.17 bits per heavy atom. The normalized spacial score (nSPS) is 23.8. The number of hydrogen-bond donors (Lipinski definition) is 9. The number of allylic oxidation sites excluding steroid dienone is 5. The molecule has 2 aliphatic heterocycles. The zero-order valence-electron chi connectivity index (χ0n) is 53.7. The molecule has 0 radical (unpaired) electrons. The third-order valence-corrected chi connectivity index (χ3v) is 17.3. The van der Waals surface area contributed by atoms with Crippen molar-refractivity contribution in [2.45, 2.75) is 383 Å². The Morgan fingerprint density at radius 1 is 0.417 bits per heavy atom. The van der Waals surface area contributed by atoms with Crippen molar-refractivity contribution in [3.63, 3.8) is 0 Å². The highest BCUT2D eigenvalue weighted by atomic mass is 16.7. The molecule has 12 unspecified atom stereocenters. The Bertz CT molecular complexity index is 1550. The number of carbonyl (C=O) groups excluding carboxylic acids is 1. The van der Waals surface area contributed by atoms with Crippen LogP contribution in [-0.2, 0) is 23.7 Å². The summed E-state index contributed by atoms with van der Waals surface area (Å²) in [5.41, 5.74) is 0. The summed E-state index contributed by atoms with van der Waals surface area (Å²) >= 11 is 0. The molecular formula is C70H131NO13. The minimum atomic E-state index is -1.79. The van der Waals surface area contributed by atoms with Crippen LogP contribution in [0, 0.1) is 0 Å². The highest BCUT2D eigenvalue weighted by Crippen LogP contribution is 2.30. The third-order valence-electron chi connectivity index (χ3n) is 17.3. The number of hydrogen-bond acceptors (Lipinski definition) is 13. The number of aliphatic hydroxyl groups is 8. The van der Waals surface area contributed by atoms with Gasteiger partial charge >= 0.3 is 0 Å². The molecule has 14 nitrogen and oxygen atoms in total. The second kappa shape index (κ2) is 55.3. The van der Waals surface area contributed by atoms with Crippen LogP contribution in [0.25, 0.3) is 0 Å². The van der Waals surface area contributed by atoms with E-state index < -0.39 is 86.8 Å². The molecule has 2 aliphatic rings. The van der Waals surface area contributed by atoms with Crippen molar-refractivity contribution in [3.05, 3.63) is 36.5 Å². The zero-order chi connectivity index (χ0) is 60.9. The lowest BCUT2D eigenvalue weighted by Gasteiger charge is -2.46. The van der Waals surface area contributed by atoms with Gasteiger partial charge in [0.2, 0.25) is 5.91 Å². The van der Waals surface area contributed by atoms with E-state index in [-0.39, 0.29) is 18.9 Å². The van der Waals surface area contributed by atoms with Crippen molar-refractivity contribution in [1.29, 1.82) is 0 Å². The SMILES string of the molecule is CCCCCCCCCC/C=C\CCCCCCCCCCCCCCCCCCCCCC(=O)NC(COC1OC(CO)C(OC2OC(CO)C(O)C(O)C2O)C(O)C1O)C(O)/C=C/CC/C=C/CCCCCCCCCCCCCCC. The van der Waals surface area contributed by atoms with Crippen LogP contribution in [0.15, 0.2) is 36.5 Å². The average molecular weight is 1190 g/mol. The highest BCUT2D eigenvalue weighted by molar-refractivity contribution is 5.76. The summed E-state index contributed by atoms with van der Waals surface area (Å²) < 4.78 is 22.8. The van der Waals surface area contributed by atoms with Crippen molar-refractivity contribution in [2.24, 2.45) is 0 Å². The molecule has 2 saturated heterocycles. The van der Waals surface area contributed by atoms with E-state index in [1.165, 1.54) is 244 Å². The lowest BCUT2D eigenvalue weighted by molar-refractivity contribution is -0.359. The van der Waals surface area contributed by atoms with Crippen LogP contribution in [0.2, 0.25) is 0 Å². The first kappa shape index (κ1) is 78.3. The number of carbonyl (C=O) groups is 1. The minimum Gasteiger partial charge on any atom is -0.394 e. The first-order chi connectivity index (χ1) is 41.1. The standard InChI is InChI=1S/C70H131NO13/c1-3-5-7-9-11-13-15-17-19-21-23-24-25-26-27-28-29-30-31-32-33-34-36-38-40-42-44-46-48-50-52-54-62(75)71-58(59(74)53-51-49-47-45-43-41-39-37-35-22-20-18-16-14-12-10-8-6-4-2)57-81-69-67(80)65(78)68(61(56-73)83-69)84-70-66(79)64(77)63(76)60(55-72)82-70/h21,23,43,45,51,53,58-61,63-70,72-74,76-80H,3-20,22,24-42,44,46-50,52,54-57H2,1-2H3,(H,71,75)/b23-21-,45-43+,53-51+. The van der Waals surface area contributed by atoms with Crippen molar-refractivity contribution in [1.82, 2.24) is 5.32 Å². The summed E-state index contributed by atoms with van der Waals surface area (Å²) in [6.45, 7) is 2.82. The number of unbranched alkanes of at least 4 members (excludes halogenated alkanes) is 41. The minimum absolute atomic E-state index is 0.244. The highest BCUT2D eigenvalue weighted by Gasteiger charge is 2.51. The Labute approximate surface area is 512 Å². The summed E-state index contributed by atoms with van der Waals surface area (Å²) in [6.07, 6.45) is 53.5. The molecule has 0 aliphatic carbocycles. The molecule has 0 aromatic heterocycles. The first-order valence-electron chi connectivity index (χ1n) is 35.2. The van der Waals surface area contributed by atoms with Gasteiger partial charge in [0.15, 0.2) is 12.6 Å². The predicted octanol–water partition coefficient (Wildman–Crippen LogP) is 14.1. The van der Waals surface area contributed by atoms with E-state index in [0.717, 1.165) is 32.1 Å². The molecule has 84 heavy (non-hydrogen) atoms. The van der Waals surface area contributed by atoms with Gasteiger partial charge in [-0.2, -0.15) is 0 Å². The van der Waals surface area contributed by atoms with Crippen LogP contribution in [0.3, 0.4) is 0 Å². The Hall–Kier alpha value is -1.79. The Kier molecular flexibility index (Phi) is 51.5. The molecule has 14 heteroatoms. The summed E-state index contributed by atoms with van der Waals surface area (Å²) in [7, 11) is 0. The average Bonchev–Trinajstić information content (AvgIpc) is 3.18. The largest absolute Gasteiger partial charge is 0.394 e. The van der Waals surface area contributed by atoms with E-state index in [9.17, 15) is 45.6 Å². The van der Waals surface area contributed by atoms with E-state index in [2.05, 4.69) is 43.5 Å². The van der Waals surface area contributed by atoms with Crippen LogP contribution in [0.5, 0.6) is 0 Å². The maximum Gasteiger partial charge on any atom is 0.220 e. The summed E-state index contributed by atoms with van der Waals surface area (Å²) in [5, 5.41) is 87.3. The topological polar surface area (TPSA) is 228 Å². The second-order valence-corrected chi connectivity index (χ2v) is 25.0. The van der Waals surface area contributed by atoms with Gasteiger partial charge in [-0.1, -0.05) is 281 Å².